The summed E-state index contributed by atoms with van der Waals surface area (Å²) in [5.41, 5.74) is 6.37. The fraction of sp³-hybridized carbons (Fsp3) is 0.542. The van der Waals surface area contributed by atoms with Gasteiger partial charge in [0.2, 0.25) is 0 Å². The highest BCUT2D eigenvalue weighted by atomic mass is 16.5. The van der Waals surface area contributed by atoms with Crippen LogP contribution >= 0.6 is 0 Å². The Morgan fingerprint density at radius 1 is 1.00 bits per heavy atom. The lowest BCUT2D eigenvalue weighted by molar-refractivity contribution is 0.415. The van der Waals surface area contributed by atoms with Gasteiger partial charge in [0.1, 0.15) is 11.4 Å². The fourth-order valence-electron chi connectivity index (χ4n) is 4.11. The molecule has 0 unspecified atom stereocenters. The third-order valence-corrected chi connectivity index (χ3v) is 5.27. The molecule has 1 aromatic carbocycles. The van der Waals surface area contributed by atoms with E-state index in [0.717, 1.165) is 71.7 Å². The van der Waals surface area contributed by atoms with Gasteiger partial charge in [-0.1, -0.05) is 26.8 Å². The minimum Gasteiger partial charge on any atom is -0.496 e. The summed E-state index contributed by atoms with van der Waals surface area (Å²) < 4.78 is 7.61. The van der Waals surface area contributed by atoms with Gasteiger partial charge in [0.15, 0.2) is 0 Å². The van der Waals surface area contributed by atoms with Crippen molar-refractivity contribution in [3.8, 4) is 17.0 Å². The van der Waals surface area contributed by atoms with E-state index in [2.05, 4.69) is 51.7 Å². The van der Waals surface area contributed by atoms with Crippen LogP contribution in [0.2, 0.25) is 0 Å². The van der Waals surface area contributed by atoms with Crippen LogP contribution in [0.4, 0.5) is 5.69 Å². The van der Waals surface area contributed by atoms with Crippen molar-refractivity contribution in [3.63, 3.8) is 0 Å². The minimum atomic E-state index is 0.112. The highest BCUT2D eigenvalue weighted by Gasteiger charge is 2.21. The molecule has 0 spiro atoms. The maximum Gasteiger partial charge on any atom is 0.274 e. The average Bonchev–Trinajstić information content (AvgIpc) is 2.66. The first kappa shape index (κ1) is 22.1. The molecule has 0 saturated carbocycles. The summed E-state index contributed by atoms with van der Waals surface area (Å²) in [5.74, 6) is 0.827. The first-order valence-corrected chi connectivity index (χ1v) is 10.6. The van der Waals surface area contributed by atoms with Crippen molar-refractivity contribution in [2.24, 2.45) is 0 Å². The Morgan fingerprint density at radius 2 is 1.64 bits per heavy atom. The molecule has 0 atom stereocenters. The Labute approximate surface area is 170 Å². The van der Waals surface area contributed by atoms with Gasteiger partial charge in [-0.25, -0.2) is 0 Å². The van der Waals surface area contributed by atoms with Crippen LogP contribution < -0.4 is 15.2 Å². The Morgan fingerprint density at radius 3 is 2.14 bits per heavy atom. The zero-order valence-corrected chi connectivity index (χ0v) is 18.7. The van der Waals surface area contributed by atoms with Crippen LogP contribution in [0.15, 0.2) is 23.0 Å². The van der Waals surface area contributed by atoms with Crippen LogP contribution in [0.5, 0.6) is 5.75 Å². The lowest BCUT2D eigenvalue weighted by atomic mass is 9.98. The van der Waals surface area contributed by atoms with Gasteiger partial charge in [-0.15, -0.1) is 0 Å². The smallest absolute Gasteiger partial charge is 0.274 e. The number of aryl methyl sites for hydroxylation is 3. The summed E-state index contributed by atoms with van der Waals surface area (Å²) in [6, 6.07) is 6.41. The Hall–Kier alpha value is -2.23. The van der Waals surface area contributed by atoms with Gasteiger partial charge in [0.05, 0.1) is 12.8 Å². The molecule has 0 saturated heterocycles. The summed E-state index contributed by atoms with van der Waals surface area (Å²) in [7, 11) is 1.70. The Bertz CT molecular complexity index is 862. The molecule has 28 heavy (non-hydrogen) atoms. The molecule has 0 amide bonds. The van der Waals surface area contributed by atoms with E-state index in [1.165, 1.54) is 0 Å². The van der Waals surface area contributed by atoms with E-state index >= 15 is 0 Å². The van der Waals surface area contributed by atoms with Crippen molar-refractivity contribution in [2.45, 2.75) is 67.3 Å². The maximum absolute atomic E-state index is 13.6. The molecule has 2 aromatic rings. The van der Waals surface area contributed by atoms with Gasteiger partial charge in [-0.2, -0.15) is 0 Å². The fourth-order valence-corrected chi connectivity index (χ4v) is 4.11. The molecule has 4 heteroatoms. The van der Waals surface area contributed by atoms with Gasteiger partial charge in [-0.3, -0.25) is 4.79 Å². The number of methoxy groups -OCH3 is 1. The van der Waals surface area contributed by atoms with Crippen molar-refractivity contribution in [1.82, 2.24) is 4.57 Å². The topological polar surface area (TPSA) is 34.5 Å². The number of aromatic nitrogens is 1. The molecule has 0 fully saturated rings. The molecule has 0 aliphatic carbocycles. The van der Waals surface area contributed by atoms with Crippen molar-refractivity contribution in [3.05, 3.63) is 45.2 Å². The molecule has 4 nitrogen and oxygen atoms in total. The van der Waals surface area contributed by atoms with E-state index < -0.39 is 0 Å². The van der Waals surface area contributed by atoms with Crippen LogP contribution in [0, 0.1) is 13.8 Å². The third kappa shape index (κ3) is 4.26. The predicted octanol–water partition coefficient (Wildman–Crippen LogP) is 5.35. The molecular formula is C24H36N2O2. The zero-order valence-electron chi connectivity index (χ0n) is 18.7. The summed E-state index contributed by atoms with van der Waals surface area (Å²) in [6.07, 6.45) is 2.89. The summed E-state index contributed by atoms with van der Waals surface area (Å²) in [6.45, 7) is 15.1. The third-order valence-electron chi connectivity index (χ3n) is 5.27. The number of rotatable bonds is 9. The average molecular weight is 385 g/mol. The molecule has 0 aliphatic rings. The van der Waals surface area contributed by atoms with Gasteiger partial charge in [0, 0.05) is 25.2 Å². The van der Waals surface area contributed by atoms with Gasteiger partial charge in [0.25, 0.3) is 5.56 Å². The highest BCUT2D eigenvalue weighted by molar-refractivity contribution is 5.74. The second kappa shape index (κ2) is 9.81. The number of hydrogen-bond donors (Lipinski definition) is 0. The highest BCUT2D eigenvalue weighted by Crippen LogP contribution is 2.35. The van der Waals surface area contributed by atoms with Crippen molar-refractivity contribution < 1.29 is 4.74 Å². The summed E-state index contributed by atoms with van der Waals surface area (Å²) in [5, 5.41) is 0. The predicted molar refractivity (Wildman–Crippen MR) is 120 cm³/mol. The second-order valence-corrected chi connectivity index (χ2v) is 7.45. The number of anilines is 1. The molecule has 0 radical (unpaired) electrons. The molecule has 2 rings (SSSR count). The molecular weight excluding hydrogens is 348 g/mol. The van der Waals surface area contributed by atoms with Crippen LogP contribution in [0.1, 0.15) is 57.2 Å². The standard InChI is InChI=1S/C24H36N2O2/c1-8-12-25(13-9-2)23-19(10-3)16-20(26(11-4)24(23)27)22-18(6)14-17(5)15-21(22)28-7/h14-16H,8-13H2,1-7H3. The van der Waals surface area contributed by atoms with Crippen molar-refractivity contribution >= 4 is 5.69 Å². The molecule has 0 N–H and O–H groups in total. The second-order valence-electron chi connectivity index (χ2n) is 7.45. The molecule has 154 valence electrons. The lowest BCUT2D eigenvalue weighted by Gasteiger charge is -2.28. The number of hydrogen-bond acceptors (Lipinski definition) is 3. The quantitative estimate of drug-likeness (QED) is 0.584. The SMILES string of the molecule is CCCN(CCC)c1c(CC)cc(-c2c(C)cc(C)cc2OC)n(CC)c1=O. The monoisotopic (exact) mass is 384 g/mol. The van der Waals surface area contributed by atoms with Crippen LogP contribution in [0.3, 0.4) is 0 Å². The largest absolute Gasteiger partial charge is 0.496 e. The van der Waals surface area contributed by atoms with E-state index in [0.29, 0.717) is 6.54 Å². The van der Waals surface area contributed by atoms with E-state index in [1.807, 2.05) is 17.6 Å². The maximum atomic E-state index is 13.6. The normalized spacial score (nSPS) is 11.0. The Kier molecular flexibility index (Phi) is 7.73. The molecule has 0 aliphatic heterocycles. The van der Waals surface area contributed by atoms with E-state index in [-0.39, 0.29) is 5.56 Å². The van der Waals surface area contributed by atoms with E-state index in [1.54, 1.807) is 7.11 Å². The number of nitrogens with zero attached hydrogens (tertiary/aromatic N) is 2. The van der Waals surface area contributed by atoms with Crippen LogP contribution in [-0.2, 0) is 13.0 Å². The molecule has 1 heterocycles. The first-order chi connectivity index (χ1) is 13.4. The van der Waals surface area contributed by atoms with Crippen molar-refractivity contribution in [1.29, 1.82) is 0 Å². The van der Waals surface area contributed by atoms with Gasteiger partial charge < -0.3 is 14.2 Å². The molecule has 0 bridgehead atoms. The number of benzene rings is 1. The number of ether oxygens (including phenoxy) is 1. The van der Waals surface area contributed by atoms with Gasteiger partial charge in [-0.05, 0) is 68.9 Å². The molecule has 1 aromatic heterocycles. The minimum absolute atomic E-state index is 0.112. The van der Waals surface area contributed by atoms with Crippen LogP contribution in [-0.4, -0.2) is 24.8 Å². The van der Waals surface area contributed by atoms with E-state index in [9.17, 15) is 4.79 Å². The van der Waals surface area contributed by atoms with Gasteiger partial charge >= 0.3 is 0 Å². The zero-order chi connectivity index (χ0) is 20.8. The summed E-state index contributed by atoms with van der Waals surface area (Å²) in [4.78, 5) is 15.9. The lowest BCUT2D eigenvalue weighted by Crippen LogP contribution is -2.35. The van der Waals surface area contributed by atoms with Crippen LogP contribution in [0.25, 0.3) is 11.3 Å². The number of pyridine rings is 1. The van der Waals surface area contributed by atoms with Crippen molar-refractivity contribution in [2.75, 3.05) is 25.1 Å². The van der Waals surface area contributed by atoms with E-state index in [4.69, 9.17) is 4.74 Å². The Balaban J connectivity index is 2.83. The first-order valence-electron chi connectivity index (χ1n) is 10.6. The summed E-state index contributed by atoms with van der Waals surface area (Å²) >= 11 is 0.